The molecule has 1 unspecified atom stereocenters. The lowest BCUT2D eigenvalue weighted by atomic mass is 9.98. The van der Waals surface area contributed by atoms with E-state index < -0.39 is 29.9 Å². The van der Waals surface area contributed by atoms with E-state index >= 15 is 0 Å². The molecule has 2 aromatic rings. The van der Waals surface area contributed by atoms with Crippen molar-refractivity contribution in [2.75, 3.05) is 13.7 Å². The summed E-state index contributed by atoms with van der Waals surface area (Å²) < 4.78 is 4.82. The highest BCUT2D eigenvalue weighted by molar-refractivity contribution is 5.90. The van der Waals surface area contributed by atoms with Crippen molar-refractivity contribution in [3.63, 3.8) is 0 Å². The Hall–Kier alpha value is -3.19. The maximum Gasteiger partial charge on any atom is 0.328 e. The van der Waals surface area contributed by atoms with Gasteiger partial charge in [0.1, 0.15) is 6.04 Å². The van der Waals surface area contributed by atoms with Crippen molar-refractivity contribution in [1.29, 1.82) is 0 Å². The maximum absolute atomic E-state index is 12.8. The molecule has 0 saturated carbocycles. The van der Waals surface area contributed by atoms with Crippen LogP contribution in [0.3, 0.4) is 0 Å². The average Bonchev–Trinajstić information content (AvgIpc) is 2.78. The molecule has 0 bridgehead atoms. The van der Waals surface area contributed by atoms with Crippen molar-refractivity contribution >= 4 is 17.8 Å². The van der Waals surface area contributed by atoms with Crippen LogP contribution in [0.4, 0.5) is 0 Å². The van der Waals surface area contributed by atoms with Crippen LogP contribution in [-0.4, -0.2) is 48.7 Å². The van der Waals surface area contributed by atoms with Crippen LogP contribution >= 0.6 is 0 Å². The van der Waals surface area contributed by atoms with Gasteiger partial charge < -0.3 is 20.5 Å². The smallest absolute Gasteiger partial charge is 0.328 e. The summed E-state index contributed by atoms with van der Waals surface area (Å²) in [5.74, 6) is -1.96. The van der Waals surface area contributed by atoms with Gasteiger partial charge in [-0.25, -0.2) is 4.79 Å². The van der Waals surface area contributed by atoms with Crippen molar-refractivity contribution in [3.8, 4) is 0 Å². The number of rotatable bonds is 12. The van der Waals surface area contributed by atoms with Crippen LogP contribution in [0.15, 0.2) is 60.7 Å². The van der Waals surface area contributed by atoms with E-state index in [1.54, 1.807) is 0 Å². The SMILES string of the molecule is COC(=O)[C@H](Cc1ccccc1)NC(=O)[C@H](CC(=O)O)NCCC(C)c1ccccc1. The van der Waals surface area contributed by atoms with Crippen LogP contribution in [-0.2, 0) is 25.5 Å². The van der Waals surface area contributed by atoms with Crippen molar-refractivity contribution in [2.24, 2.45) is 0 Å². The molecular formula is C24H30N2O5. The van der Waals surface area contributed by atoms with Gasteiger partial charge in [-0.15, -0.1) is 0 Å². The summed E-state index contributed by atoms with van der Waals surface area (Å²) in [7, 11) is 1.25. The molecule has 0 fully saturated rings. The molecule has 0 heterocycles. The number of methoxy groups -OCH3 is 1. The first-order valence-electron chi connectivity index (χ1n) is 10.3. The van der Waals surface area contributed by atoms with Crippen LogP contribution in [0, 0.1) is 0 Å². The second-order valence-electron chi connectivity index (χ2n) is 7.48. The van der Waals surface area contributed by atoms with Crippen LogP contribution in [0.1, 0.15) is 36.8 Å². The van der Waals surface area contributed by atoms with Gasteiger partial charge >= 0.3 is 11.9 Å². The van der Waals surface area contributed by atoms with Crippen LogP contribution in [0.5, 0.6) is 0 Å². The molecule has 0 spiro atoms. The molecule has 2 rings (SSSR count). The van der Waals surface area contributed by atoms with Crippen LogP contribution in [0.2, 0.25) is 0 Å². The number of carbonyl (C=O) groups is 3. The zero-order chi connectivity index (χ0) is 22.6. The minimum Gasteiger partial charge on any atom is -0.481 e. The molecular weight excluding hydrogens is 396 g/mol. The second kappa shape index (κ2) is 12.5. The average molecular weight is 427 g/mol. The number of amides is 1. The number of benzene rings is 2. The number of aliphatic carboxylic acids is 1. The number of esters is 1. The lowest BCUT2D eigenvalue weighted by molar-refractivity contribution is -0.145. The van der Waals surface area contributed by atoms with E-state index in [1.165, 1.54) is 12.7 Å². The predicted molar refractivity (Wildman–Crippen MR) is 118 cm³/mol. The molecule has 1 amide bonds. The zero-order valence-corrected chi connectivity index (χ0v) is 17.9. The highest BCUT2D eigenvalue weighted by Gasteiger charge is 2.27. The number of carboxylic acid groups (broad SMARTS) is 1. The first kappa shape index (κ1) is 24.1. The van der Waals surface area contributed by atoms with E-state index in [0.29, 0.717) is 6.54 Å². The quantitative estimate of drug-likeness (QED) is 0.451. The Bertz CT molecular complexity index is 842. The summed E-state index contributed by atoms with van der Waals surface area (Å²) in [5.41, 5.74) is 2.04. The monoisotopic (exact) mass is 426 g/mol. The van der Waals surface area contributed by atoms with Gasteiger partial charge in [0, 0.05) is 6.42 Å². The molecule has 166 valence electrons. The number of carbonyl (C=O) groups excluding carboxylic acids is 2. The van der Waals surface area contributed by atoms with Crippen molar-refractivity contribution in [1.82, 2.24) is 10.6 Å². The third-order valence-electron chi connectivity index (χ3n) is 5.12. The Morgan fingerprint density at radius 2 is 1.58 bits per heavy atom. The minimum atomic E-state index is -1.10. The lowest BCUT2D eigenvalue weighted by Gasteiger charge is -2.22. The van der Waals surface area contributed by atoms with E-state index in [-0.39, 0.29) is 18.8 Å². The van der Waals surface area contributed by atoms with E-state index in [2.05, 4.69) is 17.6 Å². The van der Waals surface area contributed by atoms with Gasteiger partial charge in [0.05, 0.1) is 19.6 Å². The number of carboxylic acids is 1. The van der Waals surface area contributed by atoms with Gasteiger partial charge in [-0.1, -0.05) is 67.6 Å². The maximum atomic E-state index is 12.8. The summed E-state index contributed by atoms with van der Waals surface area (Å²) in [4.78, 5) is 36.3. The van der Waals surface area contributed by atoms with Gasteiger partial charge in [0.2, 0.25) is 5.91 Å². The van der Waals surface area contributed by atoms with Gasteiger partial charge in [0.15, 0.2) is 0 Å². The standard InChI is InChI=1S/C24H30N2O5/c1-17(19-11-7-4-8-12-19)13-14-25-20(16-22(27)28)23(29)26-21(24(30)31-2)15-18-9-5-3-6-10-18/h3-12,17,20-21,25H,13-16H2,1-2H3,(H,26,29)(H,27,28)/t17?,20-,21-/m0/s1. The van der Waals surface area contributed by atoms with E-state index in [0.717, 1.165) is 12.0 Å². The normalized spacial score (nSPS) is 13.6. The molecule has 7 nitrogen and oxygen atoms in total. The summed E-state index contributed by atoms with van der Waals surface area (Å²) in [6.07, 6.45) is 0.604. The first-order valence-corrected chi connectivity index (χ1v) is 10.3. The molecule has 3 atom stereocenters. The van der Waals surface area contributed by atoms with Gasteiger partial charge in [0.25, 0.3) is 0 Å². The summed E-state index contributed by atoms with van der Waals surface area (Å²) in [6.45, 7) is 2.54. The van der Waals surface area contributed by atoms with Gasteiger partial charge in [-0.05, 0) is 30.0 Å². The van der Waals surface area contributed by atoms with Crippen LogP contribution in [0.25, 0.3) is 0 Å². The third kappa shape index (κ3) is 8.22. The van der Waals surface area contributed by atoms with Gasteiger partial charge in [-0.2, -0.15) is 0 Å². The summed E-state index contributed by atoms with van der Waals surface area (Å²) >= 11 is 0. The Labute approximate surface area is 182 Å². The van der Waals surface area contributed by atoms with Crippen LogP contribution < -0.4 is 10.6 Å². The largest absolute Gasteiger partial charge is 0.481 e. The predicted octanol–water partition coefficient (Wildman–Crippen LogP) is 2.51. The summed E-state index contributed by atoms with van der Waals surface area (Å²) in [6, 6.07) is 17.4. The van der Waals surface area contributed by atoms with Crippen molar-refractivity contribution < 1.29 is 24.2 Å². The Balaban J connectivity index is 1.99. The zero-order valence-electron chi connectivity index (χ0n) is 17.9. The fourth-order valence-corrected chi connectivity index (χ4v) is 3.31. The number of ether oxygens (including phenoxy) is 1. The lowest BCUT2D eigenvalue weighted by Crippen LogP contribution is -2.52. The fourth-order valence-electron chi connectivity index (χ4n) is 3.31. The highest BCUT2D eigenvalue weighted by atomic mass is 16.5. The van der Waals surface area contributed by atoms with E-state index in [1.807, 2.05) is 60.7 Å². The molecule has 0 aromatic heterocycles. The molecule has 0 aliphatic carbocycles. The molecule has 7 heteroatoms. The molecule has 3 N–H and O–H groups in total. The minimum absolute atomic E-state index is 0.253. The molecule has 0 aliphatic heterocycles. The molecule has 0 saturated heterocycles. The van der Waals surface area contributed by atoms with Crippen molar-refractivity contribution in [2.45, 2.75) is 44.2 Å². The molecule has 31 heavy (non-hydrogen) atoms. The molecule has 0 radical (unpaired) electrons. The topological polar surface area (TPSA) is 105 Å². The van der Waals surface area contributed by atoms with E-state index in [4.69, 9.17) is 4.74 Å². The fraction of sp³-hybridized carbons (Fsp3) is 0.375. The third-order valence-corrected chi connectivity index (χ3v) is 5.12. The number of nitrogens with one attached hydrogen (secondary N) is 2. The van der Waals surface area contributed by atoms with Crippen molar-refractivity contribution in [3.05, 3.63) is 71.8 Å². The Kier molecular flexibility index (Phi) is 9.71. The number of hydrogen-bond acceptors (Lipinski definition) is 5. The summed E-state index contributed by atoms with van der Waals surface area (Å²) in [5, 5.41) is 14.9. The number of hydrogen-bond donors (Lipinski definition) is 3. The Morgan fingerprint density at radius 1 is 0.968 bits per heavy atom. The highest BCUT2D eigenvalue weighted by Crippen LogP contribution is 2.17. The van der Waals surface area contributed by atoms with Gasteiger partial charge in [-0.3, -0.25) is 9.59 Å². The van der Waals surface area contributed by atoms with E-state index in [9.17, 15) is 19.5 Å². The molecule has 0 aliphatic rings. The first-order chi connectivity index (χ1) is 14.9. The Morgan fingerprint density at radius 3 is 2.16 bits per heavy atom. The second-order valence-corrected chi connectivity index (χ2v) is 7.48. The molecule has 2 aromatic carbocycles.